The van der Waals surface area contributed by atoms with Crippen molar-refractivity contribution in [3.05, 3.63) is 40.6 Å². The topological polar surface area (TPSA) is 68.4 Å². The number of aliphatic hydroxyl groups excluding tert-OH is 1. The first-order valence-corrected chi connectivity index (χ1v) is 6.39. The van der Waals surface area contributed by atoms with Crippen molar-refractivity contribution >= 4 is 11.6 Å². The molecule has 0 radical (unpaired) electrons. The molecule has 0 aliphatic carbocycles. The van der Waals surface area contributed by atoms with Gasteiger partial charge in [-0.25, -0.2) is 0 Å². The van der Waals surface area contributed by atoms with Gasteiger partial charge in [-0.1, -0.05) is 18.5 Å². The summed E-state index contributed by atoms with van der Waals surface area (Å²) in [6, 6.07) is 5.09. The van der Waals surface area contributed by atoms with Gasteiger partial charge in [0.15, 0.2) is 6.61 Å². The fourth-order valence-electron chi connectivity index (χ4n) is 1.61. The van der Waals surface area contributed by atoms with E-state index in [4.69, 9.17) is 20.8 Å². The number of aliphatic hydroxyl groups is 1. The number of benzene rings is 1. The van der Waals surface area contributed by atoms with Gasteiger partial charge >= 0.3 is 0 Å². The molecule has 1 atom stereocenters. The third-order valence-electron chi connectivity index (χ3n) is 2.58. The van der Waals surface area contributed by atoms with Crippen LogP contribution in [-0.2, 0) is 13.0 Å². The summed E-state index contributed by atoms with van der Waals surface area (Å²) in [5.41, 5.74) is 0.628. The molecule has 0 aliphatic rings. The Kier molecular flexibility index (Phi) is 4.39. The van der Waals surface area contributed by atoms with Crippen molar-refractivity contribution in [3.63, 3.8) is 0 Å². The Bertz CT molecular complexity index is 555. The Morgan fingerprint density at radius 3 is 2.74 bits per heavy atom. The average Bonchev–Trinajstić information content (AvgIpc) is 2.85. The van der Waals surface area contributed by atoms with Gasteiger partial charge in [0.25, 0.3) is 5.89 Å². The van der Waals surface area contributed by atoms with E-state index in [9.17, 15) is 5.11 Å². The highest BCUT2D eigenvalue weighted by Gasteiger charge is 2.12. The second kappa shape index (κ2) is 6.04. The largest absolute Gasteiger partial charge is 0.483 e. The molecule has 19 heavy (non-hydrogen) atoms. The van der Waals surface area contributed by atoms with Crippen molar-refractivity contribution in [2.75, 3.05) is 0 Å². The maximum absolute atomic E-state index is 9.68. The molecule has 0 saturated heterocycles. The van der Waals surface area contributed by atoms with Gasteiger partial charge < -0.3 is 14.3 Å². The van der Waals surface area contributed by atoms with Crippen molar-refractivity contribution in [2.45, 2.75) is 33.0 Å². The molecule has 0 saturated carbocycles. The predicted octanol–water partition coefficient (Wildman–Crippen LogP) is 2.92. The third kappa shape index (κ3) is 3.45. The maximum Gasteiger partial charge on any atom is 0.253 e. The van der Waals surface area contributed by atoms with E-state index in [2.05, 4.69) is 10.2 Å². The molecule has 0 aliphatic heterocycles. The number of aromatic nitrogens is 2. The summed E-state index contributed by atoms with van der Waals surface area (Å²) in [5, 5.41) is 17.9. The van der Waals surface area contributed by atoms with Gasteiger partial charge in [0.05, 0.1) is 6.10 Å². The molecule has 2 aromatic rings. The predicted molar refractivity (Wildman–Crippen MR) is 70.1 cm³/mol. The highest BCUT2D eigenvalue weighted by Crippen LogP contribution is 2.28. The first kappa shape index (κ1) is 13.8. The zero-order valence-corrected chi connectivity index (χ0v) is 11.5. The summed E-state index contributed by atoms with van der Waals surface area (Å²) in [4.78, 5) is 0. The van der Waals surface area contributed by atoms with Crippen molar-refractivity contribution < 1.29 is 14.3 Å². The first-order chi connectivity index (χ1) is 9.10. The summed E-state index contributed by atoms with van der Waals surface area (Å²) < 4.78 is 10.9. The van der Waals surface area contributed by atoms with Crippen LogP contribution < -0.4 is 4.74 Å². The van der Waals surface area contributed by atoms with Crippen LogP contribution in [0.1, 0.15) is 37.3 Å². The Balaban J connectivity index is 2.10. The van der Waals surface area contributed by atoms with Gasteiger partial charge in [-0.15, -0.1) is 10.2 Å². The van der Waals surface area contributed by atoms with Gasteiger partial charge in [0.1, 0.15) is 5.75 Å². The lowest BCUT2D eigenvalue weighted by Crippen LogP contribution is -2.01. The van der Waals surface area contributed by atoms with E-state index < -0.39 is 6.10 Å². The quantitative estimate of drug-likeness (QED) is 0.913. The van der Waals surface area contributed by atoms with E-state index in [0.717, 1.165) is 0 Å². The summed E-state index contributed by atoms with van der Waals surface area (Å²) in [5.74, 6) is 1.53. The highest BCUT2D eigenvalue weighted by atomic mass is 35.5. The molecule has 2 rings (SSSR count). The van der Waals surface area contributed by atoms with E-state index in [1.807, 2.05) is 6.92 Å². The van der Waals surface area contributed by atoms with Gasteiger partial charge in [0.2, 0.25) is 5.89 Å². The minimum Gasteiger partial charge on any atom is -0.483 e. The van der Waals surface area contributed by atoms with Crippen LogP contribution in [0.25, 0.3) is 0 Å². The first-order valence-electron chi connectivity index (χ1n) is 6.01. The number of halogens is 1. The Hall–Kier alpha value is -1.59. The van der Waals surface area contributed by atoms with Crippen LogP contribution in [0.4, 0.5) is 0 Å². The van der Waals surface area contributed by atoms with Crippen LogP contribution in [0.15, 0.2) is 22.6 Å². The molecule has 1 N–H and O–H groups in total. The molecule has 1 heterocycles. The number of nitrogens with zero attached hydrogens (tertiary/aromatic N) is 2. The van der Waals surface area contributed by atoms with Crippen LogP contribution in [0.3, 0.4) is 0 Å². The molecule has 5 nitrogen and oxygen atoms in total. The minimum atomic E-state index is -0.664. The van der Waals surface area contributed by atoms with Gasteiger partial charge in [0, 0.05) is 17.0 Å². The molecule has 1 aromatic carbocycles. The summed E-state index contributed by atoms with van der Waals surface area (Å²) >= 11 is 5.89. The average molecular weight is 283 g/mol. The summed E-state index contributed by atoms with van der Waals surface area (Å²) in [6.07, 6.45) is 0.0231. The fraction of sp³-hybridized carbons (Fsp3) is 0.385. The molecular formula is C13H15ClN2O3. The zero-order valence-electron chi connectivity index (χ0n) is 10.8. The van der Waals surface area contributed by atoms with E-state index in [-0.39, 0.29) is 6.61 Å². The van der Waals surface area contributed by atoms with Crippen LogP contribution >= 0.6 is 11.6 Å². The van der Waals surface area contributed by atoms with E-state index in [0.29, 0.717) is 34.5 Å². The lowest BCUT2D eigenvalue weighted by Gasteiger charge is -2.12. The molecule has 1 aromatic heterocycles. The van der Waals surface area contributed by atoms with Crippen LogP contribution in [0.5, 0.6) is 5.75 Å². The van der Waals surface area contributed by atoms with Crippen molar-refractivity contribution in [2.24, 2.45) is 0 Å². The standard InChI is InChI=1S/C13H15ClN2O3/c1-3-12-15-16-13(19-12)7-18-11-5-4-9(14)6-10(11)8(2)17/h4-6,8,17H,3,7H2,1-2H3. The number of hydrogen-bond donors (Lipinski definition) is 1. The Morgan fingerprint density at radius 2 is 2.11 bits per heavy atom. The van der Waals surface area contributed by atoms with Gasteiger partial charge in [-0.05, 0) is 25.1 Å². The molecule has 0 fully saturated rings. The SMILES string of the molecule is CCc1nnc(COc2ccc(Cl)cc2C(C)O)o1. The molecule has 0 amide bonds. The maximum atomic E-state index is 9.68. The van der Waals surface area contributed by atoms with Crippen LogP contribution in [-0.4, -0.2) is 15.3 Å². The van der Waals surface area contributed by atoms with Crippen LogP contribution in [0.2, 0.25) is 5.02 Å². The van der Waals surface area contributed by atoms with Crippen molar-refractivity contribution in [1.82, 2.24) is 10.2 Å². The normalized spacial score (nSPS) is 12.4. The molecule has 102 valence electrons. The lowest BCUT2D eigenvalue weighted by molar-refractivity contribution is 0.187. The fourth-order valence-corrected chi connectivity index (χ4v) is 1.79. The van der Waals surface area contributed by atoms with Crippen molar-refractivity contribution in [3.8, 4) is 5.75 Å². The second-order valence-electron chi connectivity index (χ2n) is 4.09. The van der Waals surface area contributed by atoms with Crippen molar-refractivity contribution in [1.29, 1.82) is 0 Å². The molecular weight excluding hydrogens is 268 g/mol. The zero-order chi connectivity index (χ0) is 13.8. The summed E-state index contributed by atoms with van der Waals surface area (Å²) in [6.45, 7) is 3.75. The molecule has 6 heteroatoms. The Labute approximate surface area is 116 Å². The van der Waals surface area contributed by atoms with Crippen LogP contribution in [0, 0.1) is 0 Å². The third-order valence-corrected chi connectivity index (χ3v) is 2.82. The van der Waals surface area contributed by atoms with E-state index in [1.54, 1.807) is 25.1 Å². The molecule has 0 spiro atoms. The van der Waals surface area contributed by atoms with Gasteiger partial charge in [-0.2, -0.15) is 0 Å². The summed E-state index contributed by atoms with van der Waals surface area (Å²) in [7, 11) is 0. The molecule has 1 unspecified atom stereocenters. The highest BCUT2D eigenvalue weighted by molar-refractivity contribution is 6.30. The lowest BCUT2D eigenvalue weighted by atomic mass is 10.1. The van der Waals surface area contributed by atoms with Gasteiger partial charge in [-0.3, -0.25) is 0 Å². The smallest absolute Gasteiger partial charge is 0.253 e. The number of hydrogen-bond acceptors (Lipinski definition) is 5. The number of rotatable bonds is 5. The van der Waals surface area contributed by atoms with E-state index in [1.165, 1.54) is 0 Å². The molecule has 0 bridgehead atoms. The monoisotopic (exact) mass is 282 g/mol. The Morgan fingerprint density at radius 1 is 1.37 bits per heavy atom. The second-order valence-corrected chi connectivity index (χ2v) is 4.53. The number of ether oxygens (including phenoxy) is 1. The minimum absolute atomic E-state index is 0.161. The van der Waals surface area contributed by atoms with E-state index >= 15 is 0 Å². The number of aryl methyl sites for hydroxylation is 1.